The first kappa shape index (κ1) is 11.7. The van der Waals surface area contributed by atoms with E-state index in [-0.39, 0.29) is 5.57 Å². The van der Waals surface area contributed by atoms with E-state index in [1.165, 1.54) is 7.11 Å². The van der Waals surface area contributed by atoms with Crippen molar-refractivity contribution in [2.24, 2.45) is 0 Å². The van der Waals surface area contributed by atoms with E-state index in [1.807, 2.05) is 36.4 Å². The van der Waals surface area contributed by atoms with Gasteiger partial charge in [-0.15, -0.1) is 0 Å². The Morgan fingerprint density at radius 2 is 2.06 bits per heavy atom. The molecule has 0 fully saturated rings. The molecule has 0 spiro atoms. The third-order valence-electron chi connectivity index (χ3n) is 1.86. The minimum Gasteiger partial charge on any atom is -0.466 e. The lowest BCUT2D eigenvalue weighted by Crippen LogP contribution is -1.95. The van der Waals surface area contributed by atoms with E-state index in [9.17, 15) is 4.79 Å². The molecule has 1 rings (SSSR count). The van der Waals surface area contributed by atoms with Crippen LogP contribution in [0.2, 0.25) is 0 Å². The van der Waals surface area contributed by atoms with E-state index in [0.717, 1.165) is 11.6 Å². The van der Waals surface area contributed by atoms with Gasteiger partial charge in [0, 0.05) is 6.08 Å². The Labute approximate surface area is 94.3 Å². The van der Waals surface area contributed by atoms with Crippen LogP contribution in [0.25, 0.3) is 6.08 Å². The van der Waals surface area contributed by atoms with Gasteiger partial charge in [-0.05, 0) is 11.6 Å². The number of nitrogens with zero attached hydrogens (tertiary/aromatic N) is 1. The Morgan fingerprint density at radius 3 is 2.62 bits per heavy atom. The minimum atomic E-state index is -0.533. The number of hydrogen-bond acceptors (Lipinski definition) is 3. The predicted octanol–water partition coefficient (Wildman–Crippen LogP) is 2.32. The van der Waals surface area contributed by atoms with Crippen LogP contribution in [0, 0.1) is 11.3 Å². The van der Waals surface area contributed by atoms with Crippen molar-refractivity contribution in [1.82, 2.24) is 0 Å². The van der Waals surface area contributed by atoms with Crippen LogP contribution in [0.5, 0.6) is 0 Å². The maximum Gasteiger partial charge on any atom is 0.331 e. The molecule has 0 N–H and O–H groups in total. The van der Waals surface area contributed by atoms with Crippen molar-refractivity contribution in [3.8, 4) is 6.07 Å². The lowest BCUT2D eigenvalue weighted by molar-refractivity contribution is -0.134. The van der Waals surface area contributed by atoms with E-state index in [1.54, 1.807) is 12.2 Å². The molecule has 0 saturated carbocycles. The second-order valence-electron chi connectivity index (χ2n) is 2.98. The molecular weight excluding hydrogens is 202 g/mol. The first-order valence-electron chi connectivity index (χ1n) is 4.69. The first-order valence-corrected chi connectivity index (χ1v) is 4.69. The van der Waals surface area contributed by atoms with Crippen molar-refractivity contribution in [1.29, 1.82) is 5.26 Å². The smallest absolute Gasteiger partial charge is 0.331 e. The summed E-state index contributed by atoms with van der Waals surface area (Å²) < 4.78 is 4.43. The molecule has 0 saturated heterocycles. The third kappa shape index (κ3) is 3.81. The number of ether oxygens (including phenoxy) is 1. The Bertz CT molecular complexity index is 453. The number of nitriles is 1. The molecule has 0 atom stereocenters. The van der Waals surface area contributed by atoms with Gasteiger partial charge in [-0.2, -0.15) is 5.26 Å². The summed E-state index contributed by atoms with van der Waals surface area (Å²) in [7, 11) is 1.27. The highest BCUT2D eigenvalue weighted by molar-refractivity contribution is 5.84. The fourth-order valence-corrected chi connectivity index (χ4v) is 1.05. The Balaban J connectivity index is 2.80. The third-order valence-corrected chi connectivity index (χ3v) is 1.86. The molecule has 80 valence electrons. The zero-order valence-electron chi connectivity index (χ0n) is 8.88. The molecule has 0 aromatic heterocycles. The number of allylic oxidation sites excluding steroid dienone is 2. The van der Waals surface area contributed by atoms with Gasteiger partial charge >= 0.3 is 5.97 Å². The van der Waals surface area contributed by atoms with Gasteiger partial charge in [0.15, 0.2) is 0 Å². The number of benzene rings is 1. The van der Waals surface area contributed by atoms with Gasteiger partial charge in [0.05, 0.1) is 18.8 Å². The van der Waals surface area contributed by atoms with E-state index in [4.69, 9.17) is 5.26 Å². The molecule has 0 aliphatic rings. The molecule has 3 heteroatoms. The van der Waals surface area contributed by atoms with E-state index >= 15 is 0 Å². The molecule has 0 radical (unpaired) electrons. The highest BCUT2D eigenvalue weighted by Gasteiger charge is 1.96. The van der Waals surface area contributed by atoms with E-state index in [0.29, 0.717) is 0 Å². The van der Waals surface area contributed by atoms with Gasteiger partial charge in [0.2, 0.25) is 0 Å². The minimum absolute atomic E-state index is 0.260. The molecule has 0 aliphatic carbocycles. The fraction of sp³-hybridized carbons (Fsp3) is 0.0769. The molecule has 0 amide bonds. The van der Waals surface area contributed by atoms with Crippen LogP contribution in [-0.4, -0.2) is 13.1 Å². The summed E-state index contributed by atoms with van der Waals surface area (Å²) >= 11 is 0. The van der Waals surface area contributed by atoms with Crippen LogP contribution in [0.1, 0.15) is 5.56 Å². The topological polar surface area (TPSA) is 50.1 Å². The average molecular weight is 213 g/mol. The van der Waals surface area contributed by atoms with Crippen molar-refractivity contribution < 1.29 is 9.53 Å². The summed E-state index contributed by atoms with van der Waals surface area (Å²) in [6.45, 7) is 0. The largest absolute Gasteiger partial charge is 0.466 e. The monoisotopic (exact) mass is 213 g/mol. The van der Waals surface area contributed by atoms with Gasteiger partial charge in [-0.25, -0.2) is 4.79 Å². The lowest BCUT2D eigenvalue weighted by Gasteiger charge is -1.92. The van der Waals surface area contributed by atoms with Gasteiger partial charge in [-0.1, -0.05) is 36.4 Å². The summed E-state index contributed by atoms with van der Waals surface area (Å²) in [5.74, 6) is -0.533. The number of carbonyl (C=O) groups is 1. The quantitative estimate of drug-likeness (QED) is 0.335. The highest BCUT2D eigenvalue weighted by Crippen LogP contribution is 2.04. The van der Waals surface area contributed by atoms with Crippen LogP contribution in [0.3, 0.4) is 0 Å². The zero-order valence-corrected chi connectivity index (χ0v) is 8.88. The van der Waals surface area contributed by atoms with Crippen LogP contribution < -0.4 is 0 Å². The molecule has 0 aliphatic heterocycles. The number of methoxy groups -OCH3 is 1. The maximum atomic E-state index is 10.9. The fourth-order valence-electron chi connectivity index (χ4n) is 1.05. The molecule has 0 unspecified atom stereocenters. The Kier molecular flexibility index (Phi) is 4.55. The van der Waals surface area contributed by atoms with E-state index in [2.05, 4.69) is 4.74 Å². The van der Waals surface area contributed by atoms with Crippen molar-refractivity contribution in [2.45, 2.75) is 0 Å². The second kappa shape index (κ2) is 6.20. The molecule has 1 aromatic rings. The molecule has 0 bridgehead atoms. The van der Waals surface area contributed by atoms with Gasteiger partial charge in [0.1, 0.15) is 0 Å². The summed E-state index contributed by atoms with van der Waals surface area (Å²) in [6, 6.07) is 11.4. The summed E-state index contributed by atoms with van der Waals surface area (Å²) in [5, 5.41) is 8.77. The van der Waals surface area contributed by atoms with Crippen LogP contribution in [0.15, 0.2) is 48.1 Å². The molecule has 1 aromatic carbocycles. The van der Waals surface area contributed by atoms with Crippen molar-refractivity contribution in [3.05, 3.63) is 53.6 Å². The highest BCUT2D eigenvalue weighted by atomic mass is 16.5. The van der Waals surface area contributed by atoms with Crippen LogP contribution in [0.4, 0.5) is 0 Å². The van der Waals surface area contributed by atoms with E-state index < -0.39 is 5.97 Å². The van der Waals surface area contributed by atoms with Gasteiger partial charge in [0.25, 0.3) is 0 Å². The van der Waals surface area contributed by atoms with Crippen molar-refractivity contribution >= 4 is 12.0 Å². The SMILES string of the molecule is COC(=O)/C=C(C#N)/C=C/c1ccccc1. The van der Waals surface area contributed by atoms with Gasteiger partial charge < -0.3 is 4.74 Å². The second-order valence-corrected chi connectivity index (χ2v) is 2.98. The molecule has 16 heavy (non-hydrogen) atoms. The van der Waals surface area contributed by atoms with Crippen LogP contribution in [-0.2, 0) is 9.53 Å². The zero-order chi connectivity index (χ0) is 11.8. The predicted molar refractivity (Wildman–Crippen MR) is 61.2 cm³/mol. The number of hydrogen-bond donors (Lipinski definition) is 0. The van der Waals surface area contributed by atoms with Gasteiger partial charge in [-0.3, -0.25) is 0 Å². The molecule has 0 heterocycles. The normalized spacial score (nSPS) is 11.1. The number of rotatable bonds is 3. The summed E-state index contributed by atoms with van der Waals surface area (Å²) in [5.41, 5.74) is 1.23. The molecule has 3 nitrogen and oxygen atoms in total. The Hall–Kier alpha value is -2.34. The summed E-state index contributed by atoms with van der Waals surface area (Å²) in [6.07, 6.45) is 4.49. The average Bonchev–Trinajstić information content (AvgIpc) is 2.35. The molecular formula is C13H11NO2. The summed E-state index contributed by atoms with van der Waals surface area (Å²) in [4.78, 5) is 10.9. The van der Waals surface area contributed by atoms with Crippen molar-refractivity contribution in [2.75, 3.05) is 7.11 Å². The number of carbonyl (C=O) groups excluding carboxylic acids is 1. The lowest BCUT2D eigenvalue weighted by atomic mass is 10.1. The first-order chi connectivity index (χ1) is 7.76. The Morgan fingerprint density at radius 1 is 1.38 bits per heavy atom. The standard InChI is InChI=1S/C13H11NO2/c1-16-13(15)9-12(10-14)8-7-11-5-3-2-4-6-11/h2-9H,1H3/b8-7+,12-9-. The van der Waals surface area contributed by atoms with Crippen LogP contribution >= 0.6 is 0 Å². The number of esters is 1. The maximum absolute atomic E-state index is 10.9. The van der Waals surface area contributed by atoms with Crippen molar-refractivity contribution in [3.63, 3.8) is 0 Å².